The molecule has 180 valence electrons. The first-order valence-corrected chi connectivity index (χ1v) is 11.6. The molecule has 2 N–H and O–H groups in total. The van der Waals surface area contributed by atoms with Crippen LogP contribution in [-0.2, 0) is 0 Å². The fourth-order valence-corrected chi connectivity index (χ4v) is 4.93. The van der Waals surface area contributed by atoms with Gasteiger partial charge in [-0.25, -0.2) is 9.97 Å². The number of pyridine rings is 1. The molecule has 0 spiro atoms. The molecular weight excluding hydrogens is 447 g/mol. The number of fused-ring (bicyclic) bond motifs is 1. The third kappa shape index (κ3) is 4.86. The lowest BCUT2D eigenvalue weighted by atomic mass is 9.89. The predicted molar refractivity (Wildman–Crippen MR) is 120 cm³/mol. The van der Waals surface area contributed by atoms with Gasteiger partial charge in [0.25, 0.3) is 5.91 Å². The van der Waals surface area contributed by atoms with Crippen LogP contribution < -0.4 is 10.1 Å². The van der Waals surface area contributed by atoms with E-state index >= 15 is 0 Å². The van der Waals surface area contributed by atoms with E-state index in [1.807, 2.05) is 6.07 Å². The number of halogens is 3. The third-order valence-corrected chi connectivity index (χ3v) is 6.67. The summed E-state index contributed by atoms with van der Waals surface area (Å²) < 4.78 is 40.9. The standard InChI is InChI=1S/C24H26F3N5O2/c25-24(26,27)34-18-5-3-16(4-6-18)23(33)32-12-8-15(9-13-32)19-7-11-29-22-20(19)30-21(31-22)17-2-1-10-28-14-17/h3-7,11,15,17,28H,1-2,8-10,12-14H2,(H,29,30,31)/t17-/m0/s1. The predicted octanol–water partition coefficient (Wildman–Crippen LogP) is 4.34. The van der Waals surface area contributed by atoms with Crippen molar-refractivity contribution in [2.24, 2.45) is 0 Å². The third-order valence-electron chi connectivity index (χ3n) is 6.67. The van der Waals surface area contributed by atoms with Crippen LogP contribution in [0.5, 0.6) is 5.75 Å². The number of H-pyrrole nitrogens is 1. The molecule has 1 amide bonds. The van der Waals surface area contributed by atoms with Crippen molar-refractivity contribution in [3.8, 4) is 5.75 Å². The van der Waals surface area contributed by atoms with Gasteiger partial charge in [-0.3, -0.25) is 4.79 Å². The summed E-state index contributed by atoms with van der Waals surface area (Å²) in [5.41, 5.74) is 3.21. The van der Waals surface area contributed by atoms with Gasteiger partial charge >= 0.3 is 6.36 Å². The summed E-state index contributed by atoms with van der Waals surface area (Å²) in [6, 6.07) is 7.09. The van der Waals surface area contributed by atoms with Gasteiger partial charge in [0.2, 0.25) is 0 Å². The highest BCUT2D eigenvalue weighted by Crippen LogP contribution is 2.33. The molecule has 2 aromatic heterocycles. The lowest BCUT2D eigenvalue weighted by Gasteiger charge is -2.32. The molecule has 5 rings (SSSR count). The number of rotatable bonds is 4. The van der Waals surface area contributed by atoms with E-state index < -0.39 is 6.36 Å². The van der Waals surface area contributed by atoms with Crippen LogP contribution in [-0.4, -0.2) is 58.3 Å². The summed E-state index contributed by atoms with van der Waals surface area (Å²) in [6.45, 7) is 3.10. The minimum absolute atomic E-state index is 0.191. The average Bonchev–Trinajstić information content (AvgIpc) is 3.28. The molecule has 2 aliphatic rings. The second kappa shape index (κ2) is 9.25. The summed E-state index contributed by atoms with van der Waals surface area (Å²) in [6.07, 6.45) is 0.855. The number of likely N-dealkylation sites (tertiary alicyclic amines) is 1. The maximum Gasteiger partial charge on any atom is 0.573 e. The summed E-state index contributed by atoms with van der Waals surface area (Å²) in [5, 5.41) is 3.42. The van der Waals surface area contributed by atoms with Crippen molar-refractivity contribution < 1.29 is 22.7 Å². The number of amides is 1. The number of hydrogen-bond acceptors (Lipinski definition) is 5. The number of hydrogen-bond donors (Lipinski definition) is 2. The number of ether oxygens (including phenoxy) is 1. The van der Waals surface area contributed by atoms with Crippen molar-refractivity contribution in [1.82, 2.24) is 25.2 Å². The molecule has 0 bridgehead atoms. The second-order valence-corrected chi connectivity index (χ2v) is 8.90. The number of aromatic nitrogens is 3. The van der Waals surface area contributed by atoms with Crippen molar-refractivity contribution in [3.05, 3.63) is 53.5 Å². The topological polar surface area (TPSA) is 83.1 Å². The molecule has 0 aliphatic carbocycles. The molecule has 10 heteroatoms. The van der Waals surface area contributed by atoms with E-state index in [0.29, 0.717) is 24.6 Å². The Morgan fingerprint density at radius 2 is 1.82 bits per heavy atom. The Bertz CT molecular complexity index is 1150. The molecule has 2 aliphatic heterocycles. The van der Waals surface area contributed by atoms with E-state index in [-0.39, 0.29) is 17.6 Å². The minimum Gasteiger partial charge on any atom is -0.406 e. The molecule has 2 fully saturated rings. The van der Waals surface area contributed by atoms with Gasteiger partial charge in [0.15, 0.2) is 5.65 Å². The largest absolute Gasteiger partial charge is 0.573 e. The number of alkyl halides is 3. The number of nitrogens with zero attached hydrogens (tertiary/aromatic N) is 3. The summed E-state index contributed by atoms with van der Waals surface area (Å²) >= 11 is 0. The van der Waals surface area contributed by atoms with E-state index in [2.05, 4.69) is 20.0 Å². The summed E-state index contributed by atoms with van der Waals surface area (Å²) in [4.78, 5) is 27.4. The quantitative estimate of drug-likeness (QED) is 0.589. The van der Waals surface area contributed by atoms with Gasteiger partial charge < -0.3 is 19.9 Å². The van der Waals surface area contributed by atoms with Crippen molar-refractivity contribution in [1.29, 1.82) is 0 Å². The Labute approximate surface area is 194 Å². The molecule has 4 heterocycles. The van der Waals surface area contributed by atoms with Gasteiger partial charge in [0.05, 0.1) is 0 Å². The second-order valence-electron chi connectivity index (χ2n) is 8.90. The fraction of sp³-hybridized carbons (Fsp3) is 0.458. The van der Waals surface area contributed by atoms with Crippen LogP contribution in [0, 0.1) is 0 Å². The SMILES string of the molecule is O=C(c1ccc(OC(F)(F)F)cc1)N1CCC(c2ccnc3[nH]c([C@H]4CCCNC4)nc23)CC1. The van der Waals surface area contributed by atoms with Crippen LogP contribution >= 0.6 is 0 Å². The lowest BCUT2D eigenvalue weighted by Crippen LogP contribution is -2.38. The Balaban J connectivity index is 1.25. The molecular formula is C24H26F3N5O2. The van der Waals surface area contributed by atoms with E-state index in [4.69, 9.17) is 4.98 Å². The first-order chi connectivity index (χ1) is 16.4. The van der Waals surface area contributed by atoms with Crippen molar-refractivity contribution in [2.75, 3.05) is 26.2 Å². The zero-order valence-corrected chi connectivity index (χ0v) is 18.6. The van der Waals surface area contributed by atoms with Crippen LogP contribution in [0.15, 0.2) is 36.5 Å². The number of piperidine rings is 2. The Morgan fingerprint density at radius 1 is 1.06 bits per heavy atom. The van der Waals surface area contributed by atoms with Gasteiger partial charge in [0, 0.05) is 37.3 Å². The van der Waals surface area contributed by atoms with Crippen LogP contribution in [0.4, 0.5) is 13.2 Å². The van der Waals surface area contributed by atoms with Gasteiger partial charge in [-0.1, -0.05) is 0 Å². The van der Waals surface area contributed by atoms with Crippen molar-refractivity contribution >= 4 is 17.1 Å². The average molecular weight is 473 g/mol. The number of carbonyl (C=O) groups is 1. The van der Waals surface area contributed by atoms with Gasteiger partial charge in [-0.2, -0.15) is 0 Å². The Kier molecular flexibility index (Phi) is 6.16. The van der Waals surface area contributed by atoms with E-state index in [0.717, 1.165) is 73.5 Å². The Hall–Kier alpha value is -3.14. The van der Waals surface area contributed by atoms with E-state index in [9.17, 15) is 18.0 Å². The minimum atomic E-state index is -4.76. The molecule has 3 aromatic rings. The summed E-state index contributed by atoms with van der Waals surface area (Å²) in [7, 11) is 0. The van der Waals surface area contributed by atoms with Gasteiger partial charge in [-0.05, 0) is 74.0 Å². The normalized spacial score (nSPS) is 20.0. The molecule has 1 aromatic carbocycles. The van der Waals surface area contributed by atoms with Crippen LogP contribution in [0.25, 0.3) is 11.2 Å². The van der Waals surface area contributed by atoms with Crippen LogP contribution in [0.3, 0.4) is 0 Å². The maximum atomic E-state index is 12.9. The lowest BCUT2D eigenvalue weighted by molar-refractivity contribution is -0.274. The zero-order valence-electron chi connectivity index (χ0n) is 18.6. The molecule has 2 saturated heterocycles. The van der Waals surface area contributed by atoms with Gasteiger partial charge in [0.1, 0.15) is 17.1 Å². The molecule has 1 atom stereocenters. The van der Waals surface area contributed by atoms with Gasteiger partial charge in [-0.15, -0.1) is 13.2 Å². The van der Waals surface area contributed by atoms with E-state index in [1.165, 1.54) is 12.1 Å². The molecule has 34 heavy (non-hydrogen) atoms. The highest BCUT2D eigenvalue weighted by Gasteiger charge is 2.31. The smallest absolute Gasteiger partial charge is 0.406 e. The number of benzene rings is 1. The van der Waals surface area contributed by atoms with Crippen molar-refractivity contribution in [2.45, 2.75) is 43.9 Å². The highest BCUT2D eigenvalue weighted by molar-refractivity contribution is 5.94. The monoisotopic (exact) mass is 473 g/mol. The number of aromatic amines is 1. The maximum absolute atomic E-state index is 12.9. The number of carbonyl (C=O) groups excluding carboxylic acids is 1. The molecule has 7 nitrogen and oxygen atoms in total. The molecule has 0 radical (unpaired) electrons. The fourth-order valence-electron chi connectivity index (χ4n) is 4.93. The number of imidazole rings is 1. The van der Waals surface area contributed by atoms with Crippen LogP contribution in [0.2, 0.25) is 0 Å². The van der Waals surface area contributed by atoms with Crippen LogP contribution in [0.1, 0.15) is 59.3 Å². The van der Waals surface area contributed by atoms with E-state index in [1.54, 1.807) is 11.1 Å². The highest BCUT2D eigenvalue weighted by atomic mass is 19.4. The first-order valence-electron chi connectivity index (χ1n) is 11.6. The summed E-state index contributed by atoms with van der Waals surface area (Å²) in [5.74, 6) is 1.07. The molecule has 0 saturated carbocycles. The molecule has 0 unspecified atom stereocenters. The Morgan fingerprint density at radius 3 is 2.50 bits per heavy atom. The zero-order chi connectivity index (χ0) is 23.7. The number of nitrogens with one attached hydrogen (secondary N) is 2. The first kappa shape index (κ1) is 22.6. The van der Waals surface area contributed by atoms with Crippen molar-refractivity contribution in [3.63, 3.8) is 0 Å².